The number of halogens is 3. The molecular formula is C92H103F3N26O4. The van der Waals surface area contributed by atoms with Gasteiger partial charge in [-0.25, -0.2) is 46.8 Å². The number of aryl methyl sites for hydroxylation is 8. The molecule has 0 saturated carbocycles. The van der Waals surface area contributed by atoms with Crippen LogP contribution in [0.25, 0.3) is 90.2 Å². The fraction of sp³-hybridized carbons (Fsp3) is 0.391. The van der Waals surface area contributed by atoms with Crippen LogP contribution in [0.15, 0.2) is 166 Å². The standard InChI is InChI=1S/C24H27FN6O.C23H26FN7O.C23H25FN6O.C22H25N7O/c1-16-14-31-22(17(2)26-16)12-21(28-31)20-13-24(32)30-15-19(4-5-23(30)27-20)18-6-10-29(11-7-18)9-3-8-25;1-3-18-21-12-20(27-31(21)14-16(2)25-18)19-13-23(32)30-15-17(4-5-22(30)26-19)29-10-8-28(7-6-24)9-11-29;1-15-13-30-21(16(2)25-15)11-20(27-30)19-12-23(31)29-14-18(3-4-22(29)26-19)17-5-8-28(9-6-17)10-7-24;1-4-17-20-9-19(26-29(20)12-15(3)24-17)18-10-22(30)28-13-16(5-6-21(28)25-18)27-8-7-23-14(2)11-27/h4-5,12-15,18H,3,6-11H2,1-2H3;4-5,12-15H,3,6-11H2,1-2H3;3-4,11-14,17H,5-10H2,1-2H3;5-6,9-10,12-14,23H,4,7-8,11H2,1-3H3/t;;;14-/m...1/s1. The lowest BCUT2D eigenvalue weighted by Crippen LogP contribution is -2.49. The van der Waals surface area contributed by atoms with Crippen LogP contribution in [0.4, 0.5) is 24.5 Å². The molecule has 16 aromatic rings. The van der Waals surface area contributed by atoms with Gasteiger partial charge in [0.05, 0.1) is 133 Å². The highest BCUT2D eigenvalue weighted by Gasteiger charge is 2.27. The normalized spacial score (nSPS) is 16.0. The Bertz CT molecular complexity index is 6950. The minimum atomic E-state index is -0.318. The Balaban J connectivity index is 0.000000118. The van der Waals surface area contributed by atoms with Gasteiger partial charge in [0.15, 0.2) is 0 Å². The van der Waals surface area contributed by atoms with Crippen LogP contribution in [-0.2, 0) is 12.8 Å². The summed E-state index contributed by atoms with van der Waals surface area (Å²) in [7, 11) is 0. The summed E-state index contributed by atoms with van der Waals surface area (Å²) in [6.45, 7) is 28.6. The highest BCUT2D eigenvalue weighted by molar-refractivity contribution is 5.71. The zero-order chi connectivity index (χ0) is 86.8. The lowest BCUT2D eigenvalue weighted by atomic mass is 9.90. The van der Waals surface area contributed by atoms with Gasteiger partial charge in [-0.1, -0.05) is 26.0 Å². The second-order valence-corrected chi connectivity index (χ2v) is 33.1. The van der Waals surface area contributed by atoms with Crippen molar-refractivity contribution in [3.05, 3.63) is 245 Å². The largest absolute Gasteiger partial charge is 0.368 e. The number of rotatable bonds is 17. The van der Waals surface area contributed by atoms with Gasteiger partial charge in [-0.2, -0.15) is 20.4 Å². The summed E-state index contributed by atoms with van der Waals surface area (Å²) in [4.78, 5) is 99.8. The van der Waals surface area contributed by atoms with Gasteiger partial charge < -0.3 is 24.9 Å². The second-order valence-electron chi connectivity index (χ2n) is 33.1. The first kappa shape index (κ1) is 84.4. The van der Waals surface area contributed by atoms with E-state index in [4.69, 9.17) is 19.9 Å². The predicted molar refractivity (Wildman–Crippen MR) is 479 cm³/mol. The highest BCUT2D eigenvalue weighted by Crippen LogP contribution is 2.32. The number of nitrogens with one attached hydrogen (secondary N) is 1. The SMILES string of the molecule is CCc1nc(C)cn2nc(-c3cc(=O)n4cc(N5CCN(CCF)CC5)ccc4n3)cc12.CCc1nc(C)cn2nc(-c3cc(=O)n4cc(N5CCN[C@H](C)C5)ccc4n3)cc12.Cc1cn2nc(-c3cc(=O)n4cc(C5CCN(CCCF)CC5)ccc4n3)cc2c(C)n1.Cc1cn2nc(-c3cc(=O)n4cc(C5CCN(CCF)CC5)ccc4n3)cc2c(C)n1. The van der Waals surface area contributed by atoms with Crippen molar-refractivity contribution in [2.24, 2.45) is 0 Å². The van der Waals surface area contributed by atoms with Crippen LogP contribution in [0.3, 0.4) is 0 Å². The maximum Gasteiger partial charge on any atom is 0.258 e. The summed E-state index contributed by atoms with van der Waals surface area (Å²) in [5, 5.41) is 21.9. The van der Waals surface area contributed by atoms with Crippen LogP contribution >= 0.6 is 0 Å². The first-order valence-electron chi connectivity index (χ1n) is 43.2. The number of fused-ring (bicyclic) bond motifs is 8. The molecule has 0 spiro atoms. The molecule has 0 bridgehead atoms. The Morgan fingerprint density at radius 2 is 0.712 bits per heavy atom. The molecule has 0 radical (unpaired) electrons. The van der Waals surface area contributed by atoms with E-state index < -0.39 is 0 Å². The molecule has 4 aliphatic rings. The zero-order valence-electron chi connectivity index (χ0n) is 72.0. The van der Waals surface area contributed by atoms with Gasteiger partial charge in [0.1, 0.15) is 58.7 Å². The number of hydrogen-bond donors (Lipinski definition) is 1. The Hall–Kier alpha value is -12.9. The molecule has 0 amide bonds. The number of nitrogens with zero attached hydrogens (tertiary/aromatic N) is 25. The summed E-state index contributed by atoms with van der Waals surface area (Å²) in [6.07, 6.45) is 21.3. The number of likely N-dealkylation sites (tertiary alicyclic amines) is 2. The van der Waals surface area contributed by atoms with Gasteiger partial charge in [-0.15, -0.1) is 0 Å². The molecule has 4 saturated heterocycles. The molecule has 20 heterocycles. The third kappa shape index (κ3) is 18.3. The van der Waals surface area contributed by atoms with Crippen LogP contribution in [0, 0.1) is 41.5 Å². The molecule has 125 heavy (non-hydrogen) atoms. The molecule has 1 atom stereocenters. The van der Waals surface area contributed by atoms with E-state index in [1.807, 2.05) is 161 Å². The van der Waals surface area contributed by atoms with Gasteiger partial charge in [0, 0.05) is 121 Å². The van der Waals surface area contributed by atoms with Crippen molar-refractivity contribution in [2.45, 2.75) is 125 Å². The molecule has 4 fully saturated rings. The average Bonchev–Trinajstić information content (AvgIpc) is 1.72. The van der Waals surface area contributed by atoms with Crippen molar-refractivity contribution < 1.29 is 13.2 Å². The zero-order valence-corrected chi connectivity index (χ0v) is 72.0. The third-order valence-corrected chi connectivity index (χ3v) is 24.2. The Labute approximate surface area is 718 Å². The summed E-state index contributed by atoms with van der Waals surface area (Å²) in [6, 6.07) is 30.1. The second kappa shape index (κ2) is 36.5. The minimum absolute atomic E-state index is 0.109. The van der Waals surface area contributed by atoms with E-state index in [2.05, 4.69) is 103 Å². The van der Waals surface area contributed by atoms with E-state index >= 15 is 0 Å². The fourth-order valence-corrected chi connectivity index (χ4v) is 17.7. The van der Waals surface area contributed by atoms with E-state index in [1.165, 1.54) is 12.1 Å². The molecule has 30 nitrogen and oxygen atoms in total. The summed E-state index contributed by atoms with van der Waals surface area (Å²) < 4.78 is 51.2. The minimum Gasteiger partial charge on any atom is -0.368 e. The van der Waals surface area contributed by atoms with Gasteiger partial charge >= 0.3 is 0 Å². The molecule has 0 aliphatic carbocycles. The number of piperazine rings is 2. The number of alkyl halides is 3. The van der Waals surface area contributed by atoms with E-state index in [-0.39, 0.29) is 42.3 Å². The number of anilines is 2. The molecule has 0 unspecified atom stereocenters. The third-order valence-electron chi connectivity index (χ3n) is 24.2. The number of hydrogen-bond acceptors (Lipinski definition) is 22. The number of pyridine rings is 4. The lowest BCUT2D eigenvalue weighted by Gasteiger charge is -2.35. The predicted octanol–water partition coefficient (Wildman–Crippen LogP) is 11.2. The van der Waals surface area contributed by atoms with Crippen molar-refractivity contribution in [1.82, 2.24) is 116 Å². The van der Waals surface area contributed by atoms with Crippen LogP contribution in [0.1, 0.15) is 121 Å². The van der Waals surface area contributed by atoms with Gasteiger partial charge in [0.25, 0.3) is 22.2 Å². The van der Waals surface area contributed by atoms with Crippen LogP contribution in [-0.4, -0.2) is 228 Å². The quantitative estimate of drug-likeness (QED) is 0.0886. The number of piperidine rings is 2. The van der Waals surface area contributed by atoms with Gasteiger partial charge in [-0.05, 0) is 203 Å². The molecular weight excluding hydrogens is 1590 g/mol. The molecule has 0 aromatic carbocycles. The van der Waals surface area contributed by atoms with E-state index in [0.717, 1.165) is 207 Å². The van der Waals surface area contributed by atoms with Crippen molar-refractivity contribution in [3.8, 4) is 45.6 Å². The lowest BCUT2D eigenvalue weighted by molar-refractivity contribution is 0.197. The smallest absolute Gasteiger partial charge is 0.258 e. The molecule has 33 heteroatoms. The van der Waals surface area contributed by atoms with Crippen LogP contribution in [0.2, 0.25) is 0 Å². The van der Waals surface area contributed by atoms with Crippen LogP contribution in [0.5, 0.6) is 0 Å². The summed E-state index contributed by atoms with van der Waals surface area (Å²) in [5.74, 6) is 0.786. The topological polar surface area (TPSA) is 286 Å². The monoisotopic (exact) mass is 1690 g/mol. The first-order valence-corrected chi connectivity index (χ1v) is 43.2. The van der Waals surface area contributed by atoms with Crippen molar-refractivity contribution in [3.63, 3.8) is 0 Å². The molecule has 16 aromatic heterocycles. The Morgan fingerprint density at radius 1 is 0.360 bits per heavy atom. The Kier molecular flexibility index (Phi) is 24.7. The van der Waals surface area contributed by atoms with Crippen molar-refractivity contribution >= 4 is 56.0 Å². The molecule has 4 aliphatic heterocycles. The van der Waals surface area contributed by atoms with Gasteiger partial charge in [-0.3, -0.25) is 66.0 Å². The van der Waals surface area contributed by atoms with Crippen molar-refractivity contribution in [1.29, 1.82) is 0 Å². The van der Waals surface area contributed by atoms with Gasteiger partial charge in [0.2, 0.25) is 0 Å². The Morgan fingerprint density at radius 3 is 1.10 bits per heavy atom. The summed E-state index contributed by atoms with van der Waals surface area (Å²) in [5.41, 5.74) is 22.1. The van der Waals surface area contributed by atoms with Crippen LogP contribution < -0.4 is 37.4 Å². The molecule has 20 rings (SSSR count). The van der Waals surface area contributed by atoms with E-state index in [0.29, 0.717) is 106 Å². The van der Waals surface area contributed by atoms with E-state index in [1.54, 1.807) is 38.8 Å². The summed E-state index contributed by atoms with van der Waals surface area (Å²) >= 11 is 0. The molecule has 646 valence electrons. The number of aromatic nitrogens is 20. The first-order chi connectivity index (χ1) is 60.6. The molecule has 1 N–H and O–H groups in total. The maximum absolute atomic E-state index is 12.9. The van der Waals surface area contributed by atoms with Crippen molar-refractivity contribution in [2.75, 3.05) is 121 Å². The average molecular weight is 1690 g/mol. The fourth-order valence-electron chi connectivity index (χ4n) is 17.7. The van der Waals surface area contributed by atoms with E-state index in [9.17, 15) is 32.3 Å². The highest BCUT2D eigenvalue weighted by atomic mass is 19.1. The maximum atomic E-state index is 12.9.